The summed E-state index contributed by atoms with van der Waals surface area (Å²) in [4.78, 5) is 28.1. The van der Waals surface area contributed by atoms with Gasteiger partial charge in [0.25, 0.3) is 16.8 Å². The van der Waals surface area contributed by atoms with Crippen LogP contribution >= 0.6 is 8.53 Å². The number of benzene rings is 4. The molecule has 4 aromatic carbocycles. The van der Waals surface area contributed by atoms with E-state index < -0.39 is 61.4 Å². The van der Waals surface area contributed by atoms with Crippen molar-refractivity contribution in [3.63, 3.8) is 0 Å². The van der Waals surface area contributed by atoms with Crippen LogP contribution in [0.25, 0.3) is 11.2 Å². The van der Waals surface area contributed by atoms with Crippen LogP contribution < -0.4 is 19.2 Å². The Bertz CT molecular complexity index is 3000. The van der Waals surface area contributed by atoms with Gasteiger partial charge in [-0.05, 0) is 109 Å². The molecule has 1 aliphatic heterocycles. The fourth-order valence-corrected chi connectivity index (χ4v) is 19.5. The third-order valence-electron chi connectivity index (χ3n) is 16.2. The number of imidazole rings is 1. The maximum atomic E-state index is 13.9. The number of carbonyl (C=O) groups is 1. The summed E-state index contributed by atoms with van der Waals surface area (Å²) < 4.78 is 65.1. The number of nitriles is 1. The monoisotopic (exact) mass is 1190 g/mol. The number of aromatic nitrogens is 4. The molecule has 0 bridgehead atoms. The van der Waals surface area contributed by atoms with E-state index in [1.165, 1.54) is 6.33 Å². The summed E-state index contributed by atoms with van der Waals surface area (Å²) in [7, 11) is -3.61. The molecule has 448 valence electrons. The zero-order chi connectivity index (χ0) is 60.4. The molecule has 0 spiro atoms. The predicted octanol–water partition coefficient (Wildman–Crippen LogP) is 15.1. The van der Waals surface area contributed by atoms with Crippen LogP contribution in [0.1, 0.15) is 125 Å². The highest BCUT2D eigenvalue weighted by molar-refractivity contribution is 7.44. The van der Waals surface area contributed by atoms with Gasteiger partial charge in [0, 0.05) is 17.6 Å². The van der Waals surface area contributed by atoms with Crippen LogP contribution in [0.3, 0.4) is 0 Å². The first kappa shape index (κ1) is 64.8. The van der Waals surface area contributed by atoms with Gasteiger partial charge in [-0.15, -0.1) is 0 Å². The molecule has 5 atom stereocenters. The van der Waals surface area contributed by atoms with Crippen LogP contribution in [0.4, 0.5) is 10.6 Å². The predicted molar refractivity (Wildman–Crippen MR) is 332 cm³/mol. The van der Waals surface area contributed by atoms with Crippen LogP contribution in [0.15, 0.2) is 116 Å². The van der Waals surface area contributed by atoms with E-state index in [0.717, 1.165) is 28.0 Å². The van der Waals surface area contributed by atoms with Gasteiger partial charge < -0.3 is 41.6 Å². The van der Waals surface area contributed by atoms with E-state index in [1.807, 2.05) is 95.6 Å². The quantitative estimate of drug-likeness (QED) is 0.0222. The zero-order valence-corrected chi connectivity index (χ0v) is 54.6. The highest BCUT2D eigenvalue weighted by atomic mass is 31.2. The average Bonchev–Trinajstić information content (AvgIpc) is 3.10. The van der Waals surface area contributed by atoms with Crippen LogP contribution in [0.5, 0.6) is 17.2 Å². The fraction of sp³-hybridized carbons (Fsp3) is 0.508. The van der Waals surface area contributed by atoms with Gasteiger partial charge in [-0.25, -0.2) is 24.4 Å². The van der Waals surface area contributed by atoms with Crippen LogP contribution in [0.2, 0.25) is 34.8 Å². The van der Waals surface area contributed by atoms with Crippen molar-refractivity contribution in [2.24, 2.45) is 0 Å². The number of anilines is 1. The molecule has 17 nitrogen and oxygen atoms in total. The highest BCUT2D eigenvalue weighted by Crippen LogP contribution is 2.53. The summed E-state index contributed by atoms with van der Waals surface area (Å²) in [5.74, 6) is 2.25. The number of nitrogens with one attached hydrogen (secondary N) is 1. The normalized spacial score (nSPS) is 17.5. The molecule has 0 saturated carbocycles. The number of carbonyl (C=O) groups excluding carboxylic acids is 1. The summed E-state index contributed by atoms with van der Waals surface area (Å²) in [5, 5.41) is 12.4. The molecule has 3 heterocycles. The minimum Gasteiger partial charge on any atom is -0.542 e. The molecule has 20 heteroatoms. The third-order valence-corrected chi connectivity index (χ3v) is 28.8. The van der Waals surface area contributed by atoms with Gasteiger partial charge in [-0.3, -0.25) is 9.88 Å². The van der Waals surface area contributed by atoms with Gasteiger partial charge >= 0.3 is 6.09 Å². The Hall–Kier alpha value is -5.79. The molecule has 1 unspecified atom stereocenters. The van der Waals surface area contributed by atoms with Crippen molar-refractivity contribution in [1.29, 1.82) is 5.26 Å². The standard InChI is InChI=1S/C63H88N7O10PSi2/c1-42(2)70(43(3)4)81(76-37-23-36-64)78-56-54(39-75-63(48-25-19-18-20-26-48,49-28-32-51(72-14)33-29-49)50-30-34-52(73-15)35-31-50)77-60(57(56)80-82(16,17)62(11,12)13)69-41-67-55-58(65-40-66-59(55)69)68-61(71)74-38-47-24-21-22-27-53(47)79-83(44(5)6,45(7)8)46(9)10/h18-22,24-35,40-46,54,56-57,60H,23,37-39H2,1-17H3,(H,65,66,68,71)/t54-,56-,57-,60-,81?/m1/s1. The summed E-state index contributed by atoms with van der Waals surface area (Å²) in [5.41, 5.74) is 3.80. The van der Waals surface area contributed by atoms with Gasteiger partial charge in [0.2, 0.25) is 0 Å². The Morgan fingerprint density at radius 3 is 1.88 bits per heavy atom. The van der Waals surface area contributed by atoms with Crippen LogP contribution in [-0.2, 0) is 39.9 Å². The first-order valence-electron chi connectivity index (χ1n) is 28.9. The number of hydrogen-bond donors (Lipinski definition) is 1. The van der Waals surface area contributed by atoms with Gasteiger partial charge in [0.05, 0.1) is 46.3 Å². The number of hydrogen-bond acceptors (Lipinski definition) is 15. The Morgan fingerprint density at radius 2 is 1.34 bits per heavy atom. The molecular weight excluding hydrogens is 1100 g/mol. The third kappa shape index (κ3) is 14.3. The Kier molecular flexibility index (Phi) is 21.8. The summed E-state index contributed by atoms with van der Waals surface area (Å²) in [6.07, 6.45) is -0.978. The number of para-hydroxylation sites is 1. The van der Waals surface area contributed by atoms with Gasteiger partial charge in [-0.2, -0.15) is 5.26 Å². The molecule has 2 aromatic heterocycles. The van der Waals surface area contributed by atoms with E-state index in [1.54, 1.807) is 20.5 Å². The molecule has 0 aliphatic carbocycles. The van der Waals surface area contributed by atoms with Crippen molar-refractivity contribution in [1.82, 2.24) is 24.2 Å². The molecule has 1 amide bonds. The number of nitrogens with zero attached hydrogens (tertiary/aromatic N) is 6. The number of rotatable bonds is 27. The molecular formula is C63H88N7O10PSi2. The van der Waals surface area contributed by atoms with E-state index in [2.05, 4.69) is 136 Å². The van der Waals surface area contributed by atoms with E-state index in [0.29, 0.717) is 39.3 Å². The van der Waals surface area contributed by atoms with Gasteiger partial charge in [0.15, 0.2) is 31.5 Å². The first-order valence-corrected chi connectivity index (χ1v) is 35.1. The number of fused-ring (bicyclic) bond motifs is 1. The van der Waals surface area contributed by atoms with Crippen molar-refractivity contribution in [3.05, 3.63) is 138 Å². The Labute approximate surface area is 495 Å². The van der Waals surface area contributed by atoms with Gasteiger partial charge in [0.1, 0.15) is 54.1 Å². The minimum atomic E-state index is -2.72. The van der Waals surface area contributed by atoms with Crippen molar-refractivity contribution in [2.45, 2.75) is 180 Å². The SMILES string of the molecule is COc1ccc(C(OC[C@H]2O[C@@H](n3cnc4c(NC(=O)OCc5ccccc5O[Si](C(C)C)(C(C)C)C(C)C)ncnc43)[C@H](O[Si](C)(C)C(C)(C)C)[C@@H]2OP(OCCC#N)N(C(C)C)C(C)C)(c2ccccc2)c2ccc(OC)cc2)cc1. The highest BCUT2D eigenvalue weighted by Gasteiger charge is 2.55. The molecule has 1 aliphatic rings. The minimum absolute atomic E-state index is 0.0117. The van der Waals surface area contributed by atoms with Crippen LogP contribution in [0, 0.1) is 11.3 Å². The molecule has 7 rings (SSSR count). The molecule has 1 fully saturated rings. The Balaban J connectivity index is 1.33. The topological polar surface area (TPSA) is 183 Å². The molecule has 0 radical (unpaired) electrons. The second-order valence-electron chi connectivity index (χ2n) is 24.1. The summed E-state index contributed by atoms with van der Waals surface area (Å²) in [6.45, 7) is 32.9. The average molecular weight is 1190 g/mol. The molecule has 6 aromatic rings. The van der Waals surface area contributed by atoms with E-state index >= 15 is 0 Å². The number of amides is 1. The first-order chi connectivity index (χ1) is 39.4. The number of ether oxygens (including phenoxy) is 5. The van der Waals surface area contributed by atoms with Crippen molar-refractivity contribution in [2.75, 3.05) is 32.8 Å². The second kappa shape index (κ2) is 27.9. The van der Waals surface area contributed by atoms with Gasteiger partial charge in [-0.1, -0.05) is 135 Å². The molecule has 83 heavy (non-hydrogen) atoms. The zero-order valence-electron chi connectivity index (χ0n) is 51.7. The lowest BCUT2D eigenvalue weighted by Gasteiger charge is -2.42. The molecule has 1 saturated heterocycles. The van der Waals surface area contributed by atoms with Crippen LogP contribution in [-0.4, -0.2) is 105 Å². The maximum Gasteiger partial charge on any atom is 0.413 e. The lowest BCUT2D eigenvalue weighted by Crippen LogP contribution is -2.50. The summed E-state index contributed by atoms with van der Waals surface area (Å²) in [6, 6.07) is 35.8. The molecule has 1 N–H and O–H groups in total. The van der Waals surface area contributed by atoms with Crippen molar-refractivity contribution < 1.29 is 46.4 Å². The Morgan fingerprint density at radius 1 is 0.771 bits per heavy atom. The van der Waals surface area contributed by atoms with Crippen molar-refractivity contribution in [3.8, 4) is 23.3 Å². The summed E-state index contributed by atoms with van der Waals surface area (Å²) >= 11 is 0. The fourth-order valence-electron chi connectivity index (χ4n) is 11.2. The van der Waals surface area contributed by atoms with E-state index in [-0.39, 0.29) is 49.2 Å². The lowest BCUT2D eigenvalue weighted by molar-refractivity contribution is -0.0926. The number of methoxy groups -OCH3 is 2. The maximum absolute atomic E-state index is 13.9. The smallest absolute Gasteiger partial charge is 0.413 e. The lowest BCUT2D eigenvalue weighted by atomic mass is 9.80. The largest absolute Gasteiger partial charge is 0.542 e. The van der Waals surface area contributed by atoms with Crippen molar-refractivity contribution >= 4 is 48.2 Å². The second-order valence-corrected chi connectivity index (χ2v) is 35.7. The van der Waals surface area contributed by atoms with E-state index in [9.17, 15) is 10.1 Å². The van der Waals surface area contributed by atoms with E-state index in [4.69, 9.17) is 51.6 Å².